The number of alkyl halides is 1. The first-order valence-corrected chi connectivity index (χ1v) is 15.6. The maximum absolute atomic E-state index is 14.5. The van der Waals surface area contributed by atoms with Crippen molar-refractivity contribution in [2.24, 2.45) is 11.8 Å². The molecule has 1 aromatic carbocycles. The number of rotatable bonds is 12. The Morgan fingerprint density at radius 3 is 2.46 bits per heavy atom. The first-order chi connectivity index (χ1) is 18.7. The lowest BCUT2D eigenvalue weighted by Gasteiger charge is -2.41. The molecule has 0 radical (unpaired) electrons. The van der Waals surface area contributed by atoms with E-state index in [4.69, 9.17) is 0 Å². The third-order valence-corrected chi connectivity index (χ3v) is 11.7. The molecule has 3 aliphatic rings. The zero-order valence-electron chi connectivity index (χ0n) is 23.0. The SMILES string of the molecule is C=CCN(C(=O)[C@H]1[C@@H]2SC3(CC2Br)C(C(=O)N(CC=C)C(C)CCC)N([C@H](C)CO)C(=O)[C@H]13)c1ccccc1. The van der Waals surface area contributed by atoms with E-state index in [9.17, 15) is 19.5 Å². The molecule has 9 heteroatoms. The van der Waals surface area contributed by atoms with Gasteiger partial charge in [0, 0.05) is 34.9 Å². The van der Waals surface area contributed by atoms with Crippen LogP contribution in [-0.4, -0.2) is 85.3 Å². The van der Waals surface area contributed by atoms with Crippen LogP contribution in [0.2, 0.25) is 0 Å². The minimum atomic E-state index is -0.770. The molecule has 3 amide bonds. The van der Waals surface area contributed by atoms with Gasteiger partial charge in [0.2, 0.25) is 17.7 Å². The highest BCUT2D eigenvalue weighted by Gasteiger charge is 2.76. The summed E-state index contributed by atoms with van der Waals surface area (Å²) in [6, 6.07) is 8.08. The van der Waals surface area contributed by atoms with Crippen LogP contribution in [0.1, 0.15) is 40.0 Å². The third-order valence-electron chi connectivity index (χ3n) is 8.48. The highest BCUT2D eigenvalue weighted by atomic mass is 79.9. The topological polar surface area (TPSA) is 81.2 Å². The van der Waals surface area contributed by atoms with Crippen LogP contribution in [0.5, 0.6) is 0 Å². The molecule has 39 heavy (non-hydrogen) atoms. The number of nitrogens with zero attached hydrogens (tertiary/aromatic N) is 3. The molecule has 4 rings (SSSR count). The molecular formula is C30H40BrN3O4S. The van der Waals surface area contributed by atoms with Crippen LogP contribution in [0.4, 0.5) is 5.69 Å². The van der Waals surface area contributed by atoms with Gasteiger partial charge in [0.25, 0.3) is 0 Å². The van der Waals surface area contributed by atoms with Crippen molar-refractivity contribution in [2.45, 2.75) is 73.0 Å². The molecule has 0 aromatic heterocycles. The van der Waals surface area contributed by atoms with E-state index in [1.54, 1.807) is 40.6 Å². The zero-order chi connectivity index (χ0) is 28.5. The van der Waals surface area contributed by atoms with E-state index < -0.39 is 28.7 Å². The average molecular weight is 619 g/mol. The Balaban J connectivity index is 1.80. The van der Waals surface area contributed by atoms with Gasteiger partial charge in [-0.25, -0.2) is 0 Å². The monoisotopic (exact) mass is 617 g/mol. The second-order valence-corrected chi connectivity index (χ2v) is 13.6. The van der Waals surface area contributed by atoms with Gasteiger partial charge in [-0.1, -0.05) is 59.6 Å². The van der Waals surface area contributed by atoms with Crippen LogP contribution in [0.3, 0.4) is 0 Å². The quantitative estimate of drug-likeness (QED) is 0.280. The smallest absolute Gasteiger partial charge is 0.247 e. The van der Waals surface area contributed by atoms with Gasteiger partial charge in [0.15, 0.2) is 0 Å². The fourth-order valence-electron chi connectivity index (χ4n) is 6.79. The molecule has 2 bridgehead atoms. The second-order valence-electron chi connectivity index (χ2n) is 10.9. The van der Waals surface area contributed by atoms with Gasteiger partial charge in [-0.2, -0.15) is 0 Å². The highest BCUT2D eigenvalue weighted by molar-refractivity contribution is 9.09. The maximum Gasteiger partial charge on any atom is 0.247 e. The number of carbonyl (C=O) groups excluding carboxylic acids is 3. The van der Waals surface area contributed by atoms with Crippen molar-refractivity contribution < 1.29 is 19.5 Å². The van der Waals surface area contributed by atoms with Crippen molar-refractivity contribution in [3.8, 4) is 0 Å². The first-order valence-electron chi connectivity index (χ1n) is 13.8. The molecule has 0 aliphatic carbocycles. The molecule has 1 spiro atoms. The average Bonchev–Trinajstić information content (AvgIpc) is 3.53. The number of halogens is 1. The number of para-hydroxylation sites is 1. The van der Waals surface area contributed by atoms with Crippen LogP contribution in [0.15, 0.2) is 55.6 Å². The summed E-state index contributed by atoms with van der Waals surface area (Å²) in [6.45, 7) is 14.1. The summed E-state index contributed by atoms with van der Waals surface area (Å²) >= 11 is 5.46. The standard InChI is InChI=1S/C30H40BrN3O4S/c1-6-12-19(4)32(15-7-2)29(38)26-30-17-22(31)25(39-30)23(24(30)28(37)34(26)20(5)18-35)27(36)33(16-8-3)21-13-10-9-11-14-21/h7-11,13-14,19-20,22-26,35H,2-3,6,12,15-18H2,1,4-5H3/t19?,20-,22?,23-,24+,25-,26?,30?/m1/s1. The van der Waals surface area contributed by atoms with Crippen LogP contribution in [0, 0.1) is 11.8 Å². The number of benzene rings is 1. The van der Waals surface area contributed by atoms with Crippen LogP contribution < -0.4 is 4.90 Å². The van der Waals surface area contributed by atoms with Crippen molar-refractivity contribution >= 4 is 51.1 Å². The fourth-order valence-corrected chi connectivity index (χ4v) is 10.4. The van der Waals surface area contributed by atoms with Gasteiger partial charge < -0.3 is 19.8 Å². The predicted octanol–water partition coefficient (Wildman–Crippen LogP) is 4.25. The third kappa shape index (κ3) is 4.99. The van der Waals surface area contributed by atoms with Crippen molar-refractivity contribution in [3.05, 3.63) is 55.6 Å². The molecular weight excluding hydrogens is 578 g/mol. The number of fused-ring (bicyclic) bond motifs is 1. The van der Waals surface area contributed by atoms with E-state index in [0.29, 0.717) is 19.5 Å². The largest absolute Gasteiger partial charge is 0.394 e. The number of thioether (sulfide) groups is 1. The summed E-state index contributed by atoms with van der Waals surface area (Å²) in [5.74, 6) is -1.72. The molecule has 3 fully saturated rings. The van der Waals surface area contributed by atoms with Crippen LogP contribution in [0.25, 0.3) is 0 Å². The molecule has 3 aliphatic heterocycles. The Morgan fingerprint density at radius 2 is 1.87 bits per heavy atom. The number of carbonyl (C=O) groups is 3. The molecule has 7 nitrogen and oxygen atoms in total. The molecule has 212 valence electrons. The lowest BCUT2D eigenvalue weighted by atomic mass is 9.70. The zero-order valence-corrected chi connectivity index (χ0v) is 25.4. The molecule has 0 saturated carbocycles. The highest BCUT2D eigenvalue weighted by Crippen LogP contribution is 2.68. The summed E-state index contributed by atoms with van der Waals surface area (Å²) in [6.07, 6.45) is 5.77. The lowest BCUT2D eigenvalue weighted by Crippen LogP contribution is -2.58. The minimum absolute atomic E-state index is 0.0255. The Hall–Kier alpha value is -2.10. The number of hydrogen-bond acceptors (Lipinski definition) is 5. The molecule has 1 N–H and O–H groups in total. The van der Waals surface area contributed by atoms with Gasteiger partial charge in [0.1, 0.15) is 6.04 Å². The maximum atomic E-state index is 14.5. The predicted molar refractivity (Wildman–Crippen MR) is 161 cm³/mol. The lowest BCUT2D eigenvalue weighted by molar-refractivity contribution is -0.146. The Labute approximate surface area is 244 Å². The van der Waals surface area contributed by atoms with E-state index in [1.807, 2.05) is 42.2 Å². The summed E-state index contributed by atoms with van der Waals surface area (Å²) in [5, 5.41) is 10.0. The molecule has 3 heterocycles. The second kappa shape index (κ2) is 12.2. The van der Waals surface area contributed by atoms with Crippen LogP contribution >= 0.6 is 27.7 Å². The van der Waals surface area contributed by atoms with E-state index >= 15 is 0 Å². The summed E-state index contributed by atoms with van der Waals surface area (Å²) in [5.41, 5.74) is 0.750. The molecule has 8 atom stereocenters. The number of aliphatic hydroxyl groups excluding tert-OH is 1. The first kappa shape index (κ1) is 29.9. The van der Waals surface area contributed by atoms with Crippen molar-refractivity contribution in [1.82, 2.24) is 9.80 Å². The van der Waals surface area contributed by atoms with Gasteiger partial charge in [-0.15, -0.1) is 24.9 Å². The summed E-state index contributed by atoms with van der Waals surface area (Å²) < 4.78 is -0.765. The van der Waals surface area contributed by atoms with E-state index in [2.05, 4.69) is 36.0 Å². The normalized spacial score (nSPS) is 30.5. The minimum Gasteiger partial charge on any atom is -0.394 e. The van der Waals surface area contributed by atoms with Gasteiger partial charge in [-0.05, 0) is 38.8 Å². The van der Waals surface area contributed by atoms with Crippen molar-refractivity contribution in [2.75, 3.05) is 24.6 Å². The fraction of sp³-hybridized carbons (Fsp3) is 0.567. The van der Waals surface area contributed by atoms with Gasteiger partial charge in [0.05, 0.1) is 29.2 Å². The molecule has 4 unspecified atom stereocenters. The number of anilines is 1. The number of aliphatic hydroxyl groups is 1. The van der Waals surface area contributed by atoms with Crippen LogP contribution in [-0.2, 0) is 14.4 Å². The molecule has 1 aromatic rings. The Morgan fingerprint density at radius 1 is 1.21 bits per heavy atom. The Bertz CT molecular complexity index is 1100. The van der Waals surface area contributed by atoms with E-state index in [-0.39, 0.29) is 40.4 Å². The van der Waals surface area contributed by atoms with Gasteiger partial charge >= 0.3 is 0 Å². The summed E-state index contributed by atoms with van der Waals surface area (Å²) in [4.78, 5) is 48.2. The number of likely N-dealkylation sites (tertiary alicyclic amines) is 1. The molecule has 3 saturated heterocycles. The van der Waals surface area contributed by atoms with Crippen molar-refractivity contribution in [1.29, 1.82) is 0 Å². The Kier molecular flexibility index (Phi) is 9.33. The number of hydrogen-bond donors (Lipinski definition) is 1. The summed E-state index contributed by atoms with van der Waals surface area (Å²) in [7, 11) is 0. The van der Waals surface area contributed by atoms with E-state index in [0.717, 1.165) is 18.5 Å². The van der Waals surface area contributed by atoms with Crippen molar-refractivity contribution in [3.63, 3.8) is 0 Å². The van der Waals surface area contributed by atoms with Gasteiger partial charge in [-0.3, -0.25) is 14.4 Å². The number of amides is 3. The van der Waals surface area contributed by atoms with E-state index in [1.165, 1.54) is 0 Å².